The van der Waals surface area contributed by atoms with Gasteiger partial charge in [-0.2, -0.15) is 0 Å². The molecule has 0 aromatic heterocycles. The van der Waals surface area contributed by atoms with Gasteiger partial charge in [-0.3, -0.25) is 4.90 Å². The maximum absolute atomic E-state index is 5.81. The molecule has 0 aliphatic carbocycles. The van der Waals surface area contributed by atoms with Crippen molar-refractivity contribution in [2.75, 3.05) is 39.3 Å². The van der Waals surface area contributed by atoms with Crippen LogP contribution in [0.5, 0.6) is 5.75 Å². The average molecular weight is 289 g/mol. The van der Waals surface area contributed by atoms with E-state index in [0.717, 1.165) is 36.9 Å². The van der Waals surface area contributed by atoms with Gasteiger partial charge in [0.1, 0.15) is 5.75 Å². The Hall–Kier alpha value is -1.10. The van der Waals surface area contributed by atoms with Crippen LogP contribution in [0.15, 0.2) is 24.3 Å². The van der Waals surface area contributed by atoms with Crippen LogP contribution in [0.25, 0.3) is 0 Å². The number of fused-ring (bicyclic) bond motifs is 1. The highest BCUT2D eigenvalue weighted by atomic mass is 16.5. The number of hydrogen-bond donors (Lipinski definition) is 1. The summed E-state index contributed by atoms with van der Waals surface area (Å²) in [5, 5.41) is 0. The van der Waals surface area contributed by atoms with E-state index in [0.29, 0.717) is 6.54 Å². The Balaban J connectivity index is 1.34. The van der Waals surface area contributed by atoms with Crippen LogP contribution in [0.1, 0.15) is 24.8 Å². The minimum absolute atomic E-state index is 0.591. The fourth-order valence-electron chi connectivity index (χ4n) is 3.46. The molecule has 0 spiro atoms. The summed E-state index contributed by atoms with van der Waals surface area (Å²) in [5.41, 5.74) is 6.74. The van der Waals surface area contributed by atoms with E-state index in [2.05, 4.69) is 9.80 Å². The van der Waals surface area contributed by atoms with Crippen LogP contribution in [0.2, 0.25) is 0 Å². The van der Waals surface area contributed by atoms with Gasteiger partial charge in [-0.1, -0.05) is 12.1 Å². The molecule has 0 saturated carbocycles. The van der Waals surface area contributed by atoms with Crippen molar-refractivity contribution < 1.29 is 4.74 Å². The number of rotatable bonds is 6. The first-order chi connectivity index (χ1) is 10.3. The third-order valence-electron chi connectivity index (χ3n) is 4.72. The quantitative estimate of drug-likeness (QED) is 0.809. The summed E-state index contributed by atoms with van der Waals surface area (Å²) in [7, 11) is 0. The van der Waals surface area contributed by atoms with Crippen LogP contribution >= 0.6 is 0 Å². The van der Waals surface area contributed by atoms with Crippen molar-refractivity contribution in [2.24, 2.45) is 5.73 Å². The Kier molecular flexibility index (Phi) is 5.12. The highest BCUT2D eigenvalue weighted by Crippen LogP contribution is 2.21. The van der Waals surface area contributed by atoms with E-state index in [1.165, 1.54) is 39.0 Å². The molecule has 2 aliphatic heterocycles. The van der Waals surface area contributed by atoms with Gasteiger partial charge in [0.25, 0.3) is 0 Å². The van der Waals surface area contributed by atoms with Crippen molar-refractivity contribution in [1.82, 2.24) is 9.80 Å². The summed E-state index contributed by atoms with van der Waals surface area (Å²) in [5.74, 6) is 0.952. The van der Waals surface area contributed by atoms with E-state index in [-0.39, 0.29) is 0 Å². The molecule has 2 heterocycles. The molecule has 0 amide bonds. The third kappa shape index (κ3) is 3.96. The lowest BCUT2D eigenvalue weighted by Gasteiger charge is -2.37. The van der Waals surface area contributed by atoms with Crippen molar-refractivity contribution in [3.8, 4) is 5.75 Å². The van der Waals surface area contributed by atoms with Crippen molar-refractivity contribution in [3.05, 3.63) is 29.8 Å². The van der Waals surface area contributed by atoms with Gasteiger partial charge in [0, 0.05) is 38.8 Å². The van der Waals surface area contributed by atoms with Gasteiger partial charge in [-0.25, -0.2) is 0 Å². The van der Waals surface area contributed by atoms with Crippen LogP contribution in [0, 0.1) is 0 Å². The van der Waals surface area contributed by atoms with Crippen LogP contribution in [0.3, 0.4) is 0 Å². The molecule has 4 heteroatoms. The molecule has 2 aliphatic rings. The predicted octanol–water partition coefficient (Wildman–Crippen LogP) is 1.69. The zero-order valence-corrected chi connectivity index (χ0v) is 12.8. The fraction of sp³-hybridized carbons (Fsp3) is 0.647. The van der Waals surface area contributed by atoms with Crippen LogP contribution in [-0.4, -0.2) is 55.2 Å². The lowest BCUT2D eigenvalue weighted by atomic mass is 10.1. The zero-order chi connectivity index (χ0) is 14.5. The summed E-state index contributed by atoms with van der Waals surface area (Å²) in [4.78, 5) is 5.26. The van der Waals surface area contributed by atoms with Gasteiger partial charge in [-0.05, 0) is 43.5 Å². The topological polar surface area (TPSA) is 41.7 Å². The maximum atomic E-state index is 5.81. The molecular formula is C17H27N3O. The smallest absolute Gasteiger partial charge is 0.119 e. The molecule has 2 saturated heterocycles. The van der Waals surface area contributed by atoms with E-state index in [1.54, 1.807) is 0 Å². The average Bonchev–Trinajstić information content (AvgIpc) is 3.00. The molecule has 1 atom stereocenters. The Morgan fingerprint density at radius 1 is 1.14 bits per heavy atom. The van der Waals surface area contributed by atoms with Gasteiger partial charge < -0.3 is 15.4 Å². The molecule has 1 aromatic rings. The highest BCUT2D eigenvalue weighted by molar-refractivity contribution is 5.26. The summed E-state index contributed by atoms with van der Waals surface area (Å²) in [6.07, 6.45) is 3.88. The second-order valence-corrected chi connectivity index (χ2v) is 6.18. The summed E-state index contributed by atoms with van der Waals surface area (Å²) < 4.78 is 5.81. The molecule has 2 N–H and O–H groups in total. The van der Waals surface area contributed by atoms with Gasteiger partial charge in [0.05, 0.1) is 6.61 Å². The van der Waals surface area contributed by atoms with Crippen LogP contribution < -0.4 is 10.5 Å². The molecule has 1 aromatic carbocycles. The molecule has 2 fully saturated rings. The SMILES string of the molecule is NCc1ccc(OCCCN2CCN3CCCC3C2)cc1. The van der Waals surface area contributed by atoms with E-state index in [4.69, 9.17) is 10.5 Å². The molecule has 4 nitrogen and oxygen atoms in total. The van der Waals surface area contributed by atoms with E-state index >= 15 is 0 Å². The van der Waals surface area contributed by atoms with Crippen LogP contribution in [0.4, 0.5) is 0 Å². The summed E-state index contributed by atoms with van der Waals surface area (Å²) >= 11 is 0. The zero-order valence-electron chi connectivity index (χ0n) is 12.8. The van der Waals surface area contributed by atoms with Crippen molar-refractivity contribution in [1.29, 1.82) is 0 Å². The van der Waals surface area contributed by atoms with Crippen molar-refractivity contribution in [3.63, 3.8) is 0 Å². The summed E-state index contributed by atoms with van der Waals surface area (Å²) in [6, 6.07) is 8.92. The molecule has 0 bridgehead atoms. The number of piperazine rings is 1. The third-order valence-corrected chi connectivity index (χ3v) is 4.72. The van der Waals surface area contributed by atoms with Gasteiger partial charge in [0.15, 0.2) is 0 Å². The fourth-order valence-corrected chi connectivity index (χ4v) is 3.46. The first kappa shape index (κ1) is 14.8. The molecule has 21 heavy (non-hydrogen) atoms. The Labute approximate surface area is 127 Å². The molecular weight excluding hydrogens is 262 g/mol. The molecule has 3 rings (SSSR count). The number of ether oxygens (including phenoxy) is 1. The number of benzene rings is 1. The second kappa shape index (κ2) is 7.25. The minimum Gasteiger partial charge on any atom is -0.494 e. The molecule has 116 valence electrons. The van der Waals surface area contributed by atoms with Gasteiger partial charge >= 0.3 is 0 Å². The lowest BCUT2D eigenvalue weighted by molar-refractivity contribution is 0.0997. The number of nitrogens with zero attached hydrogens (tertiary/aromatic N) is 2. The largest absolute Gasteiger partial charge is 0.494 e. The van der Waals surface area contributed by atoms with Gasteiger partial charge in [-0.15, -0.1) is 0 Å². The molecule has 1 unspecified atom stereocenters. The minimum atomic E-state index is 0.591. The van der Waals surface area contributed by atoms with E-state index in [1.807, 2.05) is 24.3 Å². The first-order valence-electron chi connectivity index (χ1n) is 8.23. The summed E-state index contributed by atoms with van der Waals surface area (Å²) in [6.45, 7) is 7.60. The van der Waals surface area contributed by atoms with Crippen molar-refractivity contribution >= 4 is 0 Å². The highest BCUT2D eigenvalue weighted by Gasteiger charge is 2.29. The number of hydrogen-bond acceptors (Lipinski definition) is 4. The lowest BCUT2D eigenvalue weighted by Crippen LogP contribution is -2.50. The Morgan fingerprint density at radius 3 is 2.81 bits per heavy atom. The van der Waals surface area contributed by atoms with Gasteiger partial charge in [0.2, 0.25) is 0 Å². The second-order valence-electron chi connectivity index (χ2n) is 6.18. The van der Waals surface area contributed by atoms with Crippen LogP contribution in [-0.2, 0) is 6.54 Å². The monoisotopic (exact) mass is 289 g/mol. The Morgan fingerprint density at radius 2 is 2.00 bits per heavy atom. The first-order valence-corrected chi connectivity index (χ1v) is 8.23. The van der Waals surface area contributed by atoms with Crippen molar-refractivity contribution in [2.45, 2.75) is 31.8 Å². The maximum Gasteiger partial charge on any atom is 0.119 e. The van der Waals surface area contributed by atoms with E-state index in [9.17, 15) is 0 Å². The Bertz CT molecular complexity index is 434. The number of nitrogens with two attached hydrogens (primary N) is 1. The molecule has 0 radical (unpaired) electrons. The normalized spacial score (nSPS) is 23.2. The standard InChI is InChI=1S/C17H27N3O/c18-13-15-4-6-17(7-5-15)21-12-2-8-19-10-11-20-9-1-3-16(20)14-19/h4-7,16H,1-3,8-14,18H2. The van der Waals surface area contributed by atoms with E-state index < -0.39 is 0 Å². The predicted molar refractivity (Wildman–Crippen MR) is 85.5 cm³/mol.